The molecule has 0 aliphatic heterocycles. The van der Waals surface area contributed by atoms with E-state index < -0.39 is 0 Å². The second-order valence-corrected chi connectivity index (χ2v) is 4.64. The maximum absolute atomic E-state index is 5.81. The maximum atomic E-state index is 5.81. The van der Waals surface area contributed by atoms with Crippen LogP contribution in [0, 0.1) is 0 Å². The van der Waals surface area contributed by atoms with Gasteiger partial charge in [0.05, 0.1) is 6.20 Å². The summed E-state index contributed by atoms with van der Waals surface area (Å²) in [6.07, 6.45) is 3.45. The lowest BCUT2D eigenvalue weighted by atomic mass is 10.1. The molecule has 0 fully saturated rings. The lowest BCUT2D eigenvalue weighted by Gasteiger charge is -2.12. The number of methoxy groups -OCH3 is 1. The lowest BCUT2D eigenvalue weighted by molar-refractivity contribution is 0.115. The number of oxazole rings is 1. The second-order valence-electron chi connectivity index (χ2n) is 4.64. The van der Waals surface area contributed by atoms with Crippen LogP contribution in [-0.2, 0) is 11.2 Å². The second kappa shape index (κ2) is 7.82. The molecule has 0 amide bonds. The van der Waals surface area contributed by atoms with Gasteiger partial charge >= 0.3 is 0 Å². The molecule has 1 heterocycles. The number of nitrogens with zero attached hydrogens (tertiary/aromatic N) is 1. The van der Waals surface area contributed by atoms with Crippen molar-refractivity contribution in [3.05, 3.63) is 53.7 Å². The Bertz CT molecular complexity index is 496. The predicted octanol–water partition coefficient (Wildman–Crippen LogP) is 2.95. The fourth-order valence-electron chi connectivity index (χ4n) is 2.15. The topological polar surface area (TPSA) is 47.3 Å². The van der Waals surface area contributed by atoms with Gasteiger partial charge in [-0.15, -0.1) is 0 Å². The first-order valence-corrected chi connectivity index (χ1v) is 7.08. The number of hydrogen-bond acceptors (Lipinski definition) is 4. The third-order valence-corrected chi connectivity index (χ3v) is 3.16. The fourth-order valence-corrected chi connectivity index (χ4v) is 2.15. The summed E-state index contributed by atoms with van der Waals surface area (Å²) in [7, 11) is 1.69. The smallest absolute Gasteiger partial charge is 0.194 e. The highest BCUT2D eigenvalue weighted by Gasteiger charge is 2.17. The van der Waals surface area contributed by atoms with Crippen molar-refractivity contribution in [3.8, 4) is 0 Å². The third-order valence-electron chi connectivity index (χ3n) is 3.16. The molecule has 1 unspecified atom stereocenters. The molecule has 2 aromatic rings. The number of nitrogens with one attached hydrogen (secondary N) is 1. The molecule has 4 nitrogen and oxygen atoms in total. The zero-order valence-electron chi connectivity index (χ0n) is 12.1. The minimum atomic E-state index is -0.189. The summed E-state index contributed by atoms with van der Waals surface area (Å²) in [5, 5.41) is 3.29. The first-order valence-electron chi connectivity index (χ1n) is 7.08. The molecule has 0 saturated heterocycles. The molecule has 0 aliphatic carbocycles. The van der Waals surface area contributed by atoms with Gasteiger partial charge < -0.3 is 14.5 Å². The van der Waals surface area contributed by atoms with Gasteiger partial charge in [-0.05, 0) is 25.1 Å². The zero-order chi connectivity index (χ0) is 14.2. The number of aryl methyl sites for hydroxylation is 1. The van der Waals surface area contributed by atoms with Crippen LogP contribution in [0.15, 0.2) is 40.9 Å². The van der Waals surface area contributed by atoms with Crippen LogP contribution in [0.2, 0.25) is 0 Å². The van der Waals surface area contributed by atoms with Crippen molar-refractivity contribution in [1.29, 1.82) is 0 Å². The predicted molar refractivity (Wildman–Crippen MR) is 78.7 cm³/mol. The van der Waals surface area contributed by atoms with Crippen molar-refractivity contribution in [2.45, 2.75) is 25.9 Å². The van der Waals surface area contributed by atoms with Crippen molar-refractivity contribution in [1.82, 2.24) is 10.3 Å². The van der Waals surface area contributed by atoms with Gasteiger partial charge in [-0.3, -0.25) is 0 Å². The van der Waals surface area contributed by atoms with Crippen LogP contribution in [0.4, 0.5) is 0 Å². The number of aromatic nitrogens is 1. The standard InChI is InChI=1S/C16H22N2O2/c1-3-17-11-7-10-15-18-12-14(20-15)16(19-2)13-8-5-4-6-9-13/h4-6,8-9,12,16-17H,3,7,10-11H2,1-2H3. The summed E-state index contributed by atoms with van der Waals surface area (Å²) >= 11 is 0. The molecule has 1 N–H and O–H groups in total. The van der Waals surface area contributed by atoms with E-state index in [0.717, 1.165) is 43.1 Å². The summed E-state index contributed by atoms with van der Waals surface area (Å²) in [4.78, 5) is 4.33. The Hall–Kier alpha value is -1.65. The Kier molecular flexibility index (Phi) is 5.77. The average Bonchev–Trinajstić information content (AvgIpc) is 2.94. The van der Waals surface area contributed by atoms with Crippen LogP contribution in [0.3, 0.4) is 0 Å². The van der Waals surface area contributed by atoms with E-state index in [9.17, 15) is 0 Å². The van der Waals surface area contributed by atoms with Crippen molar-refractivity contribution < 1.29 is 9.15 Å². The van der Waals surface area contributed by atoms with Crippen LogP contribution in [0.25, 0.3) is 0 Å². The molecule has 1 aromatic heterocycles. The van der Waals surface area contributed by atoms with E-state index in [4.69, 9.17) is 9.15 Å². The Morgan fingerprint density at radius 3 is 2.80 bits per heavy atom. The van der Waals surface area contributed by atoms with Gasteiger partial charge in [0.1, 0.15) is 6.10 Å². The molecule has 0 radical (unpaired) electrons. The van der Waals surface area contributed by atoms with Crippen molar-refractivity contribution in [3.63, 3.8) is 0 Å². The largest absolute Gasteiger partial charge is 0.443 e. The molecule has 0 spiro atoms. The molecular weight excluding hydrogens is 252 g/mol. The van der Waals surface area contributed by atoms with Crippen molar-refractivity contribution >= 4 is 0 Å². The minimum absolute atomic E-state index is 0.189. The molecule has 2 rings (SSSR count). The van der Waals surface area contributed by atoms with Gasteiger partial charge in [0.15, 0.2) is 11.7 Å². The Morgan fingerprint density at radius 2 is 2.10 bits per heavy atom. The Labute approximate surface area is 120 Å². The van der Waals surface area contributed by atoms with Gasteiger partial charge in [-0.2, -0.15) is 0 Å². The lowest BCUT2D eigenvalue weighted by Crippen LogP contribution is -2.14. The van der Waals surface area contributed by atoms with E-state index in [0.29, 0.717) is 0 Å². The zero-order valence-corrected chi connectivity index (χ0v) is 12.1. The SMILES string of the molecule is CCNCCCc1ncc(C(OC)c2ccccc2)o1. The summed E-state index contributed by atoms with van der Waals surface area (Å²) in [5.74, 6) is 1.54. The molecule has 1 aromatic carbocycles. The van der Waals surface area contributed by atoms with E-state index in [1.807, 2.05) is 30.3 Å². The number of rotatable bonds is 8. The number of benzene rings is 1. The first kappa shape index (κ1) is 14.8. The van der Waals surface area contributed by atoms with Crippen LogP contribution in [0.1, 0.15) is 36.7 Å². The first-order chi connectivity index (χ1) is 9.85. The number of hydrogen-bond donors (Lipinski definition) is 1. The van der Waals surface area contributed by atoms with E-state index >= 15 is 0 Å². The maximum Gasteiger partial charge on any atom is 0.194 e. The quantitative estimate of drug-likeness (QED) is 0.752. The van der Waals surface area contributed by atoms with Crippen LogP contribution in [0.5, 0.6) is 0 Å². The van der Waals surface area contributed by atoms with Crippen molar-refractivity contribution in [2.75, 3.05) is 20.2 Å². The van der Waals surface area contributed by atoms with E-state index in [-0.39, 0.29) is 6.10 Å². The molecule has 0 saturated carbocycles. The normalized spacial score (nSPS) is 12.5. The fraction of sp³-hybridized carbons (Fsp3) is 0.438. The van der Waals surface area contributed by atoms with Gasteiger partial charge in [0, 0.05) is 13.5 Å². The minimum Gasteiger partial charge on any atom is -0.443 e. The summed E-state index contributed by atoms with van der Waals surface area (Å²) in [6.45, 7) is 4.09. The van der Waals surface area contributed by atoms with Crippen LogP contribution in [-0.4, -0.2) is 25.2 Å². The van der Waals surface area contributed by atoms with Crippen molar-refractivity contribution in [2.24, 2.45) is 0 Å². The Morgan fingerprint density at radius 1 is 1.30 bits per heavy atom. The van der Waals surface area contributed by atoms with Gasteiger partial charge in [0.2, 0.25) is 0 Å². The van der Waals surface area contributed by atoms with E-state index in [2.05, 4.69) is 17.2 Å². The molecule has 1 atom stereocenters. The molecule has 0 aliphatic rings. The Balaban J connectivity index is 1.99. The molecule has 108 valence electrons. The van der Waals surface area contributed by atoms with Gasteiger partial charge in [-0.25, -0.2) is 4.98 Å². The van der Waals surface area contributed by atoms with Crippen LogP contribution < -0.4 is 5.32 Å². The van der Waals surface area contributed by atoms with E-state index in [1.165, 1.54) is 0 Å². The molecule has 4 heteroatoms. The summed E-state index contributed by atoms with van der Waals surface area (Å²) in [6, 6.07) is 10.0. The van der Waals surface area contributed by atoms with E-state index in [1.54, 1.807) is 13.3 Å². The molecular formula is C16H22N2O2. The third kappa shape index (κ3) is 3.92. The average molecular weight is 274 g/mol. The highest BCUT2D eigenvalue weighted by Crippen LogP contribution is 2.25. The van der Waals surface area contributed by atoms with Gasteiger partial charge in [0.25, 0.3) is 0 Å². The highest BCUT2D eigenvalue weighted by molar-refractivity contribution is 5.23. The molecule has 20 heavy (non-hydrogen) atoms. The number of ether oxygens (including phenoxy) is 1. The molecule has 0 bridgehead atoms. The summed E-state index contributed by atoms with van der Waals surface area (Å²) < 4.78 is 11.3. The summed E-state index contributed by atoms with van der Waals surface area (Å²) in [5.41, 5.74) is 1.07. The van der Waals surface area contributed by atoms with Crippen LogP contribution >= 0.6 is 0 Å². The monoisotopic (exact) mass is 274 g/mol. The van der Waals surface area contributed by atoms with Gasteiger partial charge in [-0.1, -0.05) is 37.3 Å². The highest BCUT2D eigenvalue weighted by atomic mass is 16.5.